The molecule has 10 aromatic carbocycles. The average molecular weight is 779 g/mol. The van der Waals surface area contributed by atoms with Crippen LogP contribution in [0.2, 0.25) is 0 Å². The maximum atomic E-state index is 6.52. The normalized spacial score (nSPS) is 11.6. The molecule has 3 nitrogen and oxygen atoms in total. The Morgan fingerprint density at radius 1 is 0.311 bits per heavy atom. The number of fused-ring (bicyclic) bond motifs is 7. The summed E-state index contributed by atoms with van der Waals surface area (Å²) in [5, 5.41) is 7.20. The average Bonchev–Trinajstić information content (AvgIpc) is 3.87. The van der Waals surface area contributed by atoms with Crippen LogP contribution in [-0.2, 0) is 0 Å². The van der Waals surface area contributed by atoms with E-state index in [2.05, 4.69) is 228 Å². The topological polar surface area (TPSA) is 21.3 Å². The number of anilines is 3. The molecule has 2 aromatic heterocycles. The van der Waals surface area contributed by atoms with Gasteiger partial charge in [0.05, 0.1) is 16.7 Å². The Hall–Kier alpha value is -8.14. The van der Waals surface area contributed by atoms with Crippen molar-refractivity contribution in [1.82, 2.24) is 4.57 Å². The minimum Gasteiger partial charge on any atom is -0.456 e. The smallest absolute Gasteiger partial charge is 0.136 e. The highest BCUT2D eigenvalue weighted by molar-refractivity contribution is 6.10. The van der Waals surface area contributed by atoms with Crippen LogP contribution in [0.15, 0.2) is 235 Å². The van der Waals surface area contributed by atoms with Gasteiger partial charge in [-0.25, -0.2) is 0 Å². The van der Waals surface area contributed by atoms with Gasteiger partial charge in [-0.3, -0.25) is 0 Å². The van der Waals surface area contributed by atoms with Gasteiger partial charge in [0.25, 0.3) is 0 Å². The molecule has 0 radical (unpaired) electrons. The molecule has 0 amide bonds. The molecule has 0 aliphatic rings. The van der Waals surface area contributed by atoms with E-state index in [9.17, 15) is 0 Å². The highest BCUT2D eigenvalue weighted by Crippen LogP contribution is 2.45. The van der Waals surface area contributed by atoms with Gasteiger partial charge in [0.2, 0.25) is 0 Å². The van der Waals surface area contributed by atoms with Gasteiger partial charge in [0.15, 0.2) is 0 Å². The summed E-state index contributed by atoms with van der Waals surface area (Å²) in [6, 6.07) is 83.0. The van der Waals surface area contributed by atoms with Crippen LogP contribution in [0.25, 0.3) is 93.6 Å². The van der Waals surface area contributed by atoms with Gasteiger partial charge in [-0.2, -0.15) is 0 Å². The summed E-state index contributed by atoms with van der Waals surface area (Å²) < 4.78 is 8.94. The zero-order chi connectivity index (χ0) is 40.3. The number of benzene rings is 10. The molecule has 61 heavy (non-hydrogen) atoms. The van der Waals surface area contributed by atoms with E-state index < -0.39 is 0 Å². The molecule has 0 fully saturated rings. The van der Waals surface area contributed by atoms with Crippen LogP contribution in [0.3, 0.4) is 0 Å². The molecule has 0 spiro atoms. The van der Waals surface area contributed by atoms with Gasteiger partial charge in [-0.05, 0) is 111 Å². The lowest BCUT2D eigenvalue weighted by molar-refractivity contribution is 0.669. The lowest BCUT2D eigenvalue weighted by Gasteiger charge is -2.27. The quantitative estimate of drug-likeness (QED) is 0.161. The fourth-order valence-electron chi connectivity index (χ4n) is 9.41. The fraction of sp³-hybridized carbons (Fsp3) is 0. The van der Waals surface area contributed by atoms with Crippen molar-refractivity contribution in [2.45, 2.75) is 0 Å². The molecule has 0 saturated heterocycles. The van der Waals surface area contributed by atoms with Crippen LogP contribution < -0.4 is 4.90 Å². The maximum absolute atomic E-state index is 6.52. The summed E-state index contributed by atoms with van der Waals surface area (Å²) >= 11 is 0. The fourth-order valence-corrected chi connectivity index (χ4v) is 9.41. The van der Waals surface area contributed by atoms with Crippen molar-refractivity contribution in [3.8, 4) is 39.1 Å². The zero-order valence-corrected chi connectivity index (χ0v) is 33.2. The first-order chi connectivity index (χ1) is 30.3. The SMILES string of the molecule is c1ccc(N(c2ccc(-c3cccc4ccccc34)cc2)c2ccc(-c3ccccc3-n3c4ccccc4c4ccccc43)c(-c3ccc4c(c3)oc3ccccc34)c2)cc1. The summed E-state index contributed by atoms with van der Waals surface area (Å²) in [6.45, 7) is 0. The van der Waals surface area contributed by atoms with E-state index in [0.717, 1.165) is 66.9 Å². The second-order valence-electron chi connectivity index (χ2n) is 15.7. The number of nitrogens with zero attached hydrogens (tertiary/aromatic N) is 2. The predicted octanol–water partition coefficient (Wildman–Crippen LogP) is 16.3. The van der Waals surface area contributed by atoms with Gasteiger partial charge in [0.1, 0.15) is 11.2 Å². The van der Waals surface area contributed by atoms with E-state index in [-0.39, 0.29) is 0 Å². The summed E-state index contributed by atoms with van der Waals surface area (Å²) in [4.78, 5) is 2.36. The van der Waals surface area contributed by atoms with Gasteiger partial charge in [-0.15, -0.1) is 0 Å². The number of hydrogen-bond donors (Lipinski definition) is 0. The number of rotatable bonds is 7. The second-order valence-corrected chi connectivity index (χ2v) is 15.7. The first kappa shape index (κ1) is 34.9. The molecule has 0 atom stereocenters. The van der Waals surface area contributed by atoms with Crippen molar-refractivity contribution in [2.75, 3.05) is 4.90 Å². The van der Waals surface area contributed by atoms with Crippen LogP contribution in [-0.4, -0.2) is 4.57 Å². The highest BCUT2D eigenvalue weighted by Gasteiger charge is 2.21. The van der Waals surface area contributed by atoms with Crippen LogP contribution >= 0.6 is 0 Å². The second kappa shape index (κ2) is 14.3. The Morgan fingerprint density at radius 3 is 1.69 bits per heavy atom. The van der Waals surface area contributed by atoms with Gasteiger partial charge in [0, 0.05) is 44.2 Å². The van der Waals surface area contributed by atoms with Crippen molar-refractivity contribution < 1.29 is 4.42 Å². The molecule has 0 bridgehead atoms. The molecule has 12 aromatic rings. The third-order valence-corrected chi connectivity index (χ3v) is 12.2. The van der Waals surface area contributed by atoms with Crippen molar-refractivity contribution in [3.63, 3.8) is 0 Å². The largest absolute Gasteiger partial charge is 0.456 e. The molecule has 12 rings (SSSR count). The first-order valence-corrected chi connectivity index (χ1v) is 20.8. The van der Waals surface area contributed by atoms with E-state index in [1.165, 1.54) is 43.7 Å². The first-order valence-electron chi connectivity index (χ1n) is 20.8. The number of furan rings is 1. The highest BCUT2D eigenvalue weighted by atomic mass is 16.3. The Bertz CT molecular complexity index is 3540. The number of hydrogen-bond acceptors (Lipinski definition) is 2. The van der Waals surface area contributed by atoms with Gasteiger partial charge >= 0.3 is 0 Å². The predicted molar refractivity (Wildman–Crippen MR) is 257 cm³/mol. The summed E-state index contributed by atoms with van der Waals surface area (Å²) in [7, 11) is 0. The number of aromatic nitrogens is 1. The lowest BCUT2D eigenvalue weighted by Crippen LogP contribution is -2.10. The molecule has 0 unspecified atom stereocenters. The van der Waals surface area contributed by atoms with E-state index in [4.69, 9.17) is 4.42 Å². The summed E-state index contributed by atoms with van der Waals surface area (Å²) in [5.41, 5.74) is 15.4. The Balaban J connectivity index is 1.07. The minimum absolute atomic E-state index is 0.870. The van der Waals surface area contributed by atoms with Crippen molar-refractivity contribution >= 4 is 71.6 Å². The summed E-state index contributed by atoms with van der Waals surface area (Å²) in [5.74, 6) is 0. The zero-order valence-electron chi connectivity index (χ0n) is 33.2. The Kier molecular flexibility index (Phi) is 8.17. The standard InChI is InChI=1S/C58H38N2O/c1-2-17-42(18-3-1)59(43-32-29-40(30-33-43)46-24-14-16-39-15-4-5-19-45(39)46)44-34-36-47(53(38-44)41-31-35-52-51-23-9-13-28-57(51)61-58(52)37-41)48-20-6-10-25-54(48)60-55-26-11-7-21-49(55)50-22-8-12-27-56(50)60/h1-38H. The van der Waals surface area contributed by atoms with Gasteiger partial charge in [-0.1, -0.05) is 158 Å². The molecule has 0 saturated carbocycles. The molecular weight excluding hydrogens is 741 g/mol. The molecule has 0 N–H and O–H groups in total. The van der Waals surface area contributed by atoms with E-state index >= 15 is 0 Å². The molecular formula is C58H38N2O. The van der Waals surface area contributed by atoms with Crippen LogP contribution in [0.5, 0.6) is 0 Å². The van der Waals surface area contributed by atoms with Crippen molar-refractivity contribution in [3.05, 3.63) is 231 Å². The molecule has 2 heterocycles. The summed E-state index contributed by atoms with van der Waals surface area (Å²) in [6.07, 6.45) is 0. The van der Waals surface area contributed by atoms with Crippen molar-refractivity contribution in [2.24, 2.45) is 0 Å². The molecule has 0 aliphatic heterocycles. The monoisotopic (exact) mass is 778 g/mol. The van der Waals surface area contributed by atoms with Crippen LogP contribution in [0.1, 0.15) is 0 Å². The van der Waals surface area contributed by atoms with Crippen LogP contribution in [0.4, 0.5) is 17.1 Å². The minimum atomic E-state index is 0.870. The Morgan fingerprint density at radius 2 is 0.885 bits per heavy atom. The van der Waals surface area contributed by atoms with E-state index in [0.29, 0.717) is 0 Å². The molecule has 286 valence electrons. The van der Waals surface area contributed by atoms with Gasteiger partial charge < -0.3 is 13.9 Å². The van der Waals surface area contributed by atoms with Crippen molar-refractivity contribution in [1.29, 1.82) is 0 Å². The third-order valence-electron chi connectivity index (χ3n) is 12.2. The molecule has 0 aliphatic carbocycles. The van der Waals surface area contributed by atoms with Crippen LogP contribution in [0, 0.1) is 0 Å². The Labute approximate surface area is 353 Å². The van der Waals surface area contributed by atoms with E-state index in [1.807, 2.05) is 12.1 Å². The van der Waals surface area contributed by atoms with E-state index in [1.54, 1.807) is 0 Å². The number of para-hydroxylation sites is 5. The third kappa shape index (κ3) is 5.82. The molecule has 3 heteroatoms. The lowest BCUT2D eigenvalue weighted by atomic mass is 9.92. The maximum Gasteiger partial charge on any atom is 0.136 e.